The number of nitro benzene ring substituents is 2. The molecule has 0 radical (unpaired) electrons. The molecule has 1 amide bonds. The number of aromatic nitrogens is 2. The zero-order valence-corrected chi connectivity index (χ0v) is 17.0. The molecule has 3 aromatic rings. The third-order valence-electron chi connectivity index (χ3n) is 4.57. The van der Waals surface area contributed by atoms with Crippen molar-refractivity contribution in [1.82, 2.24) is 9.78 Å². The summed E-state index contributed by atoms with van der Waals surface area (Å²) in [4.78, 5) is 33.4. The molecule has 0 fully saturated rings. The Kier molecular flexibility index (Phi) is 5.95. The second-order valence-electron chi connectivity index (χ2n) is 6.89. The van der Waals surface area contributed by atoms with E-state index in [0.717, 1.165) is 23.3 Å². The number of anilines is 1. The van der Waals surface area contributed by atoms with Crippen LogP contribution in [0.3, 0.4) is 0 Å². The van der Waals surface area contributed by atoms with Gasteiger partial charge in [0.15, 0.2) is 12.4 Å². The predicted octanol–water partition coefficient (Wildman–Crippen LogP) is 3.91. The molecule has 0 aliphatic heterocycles. The topological polar surface area (TPSA) is 142 Å². The van der Waals surface area contributed by atoms with Crippen LogP contribution in [0.15, 0.2) is 42.6 Å². The molecule has 0 atom stereocenters. The maximum Gasteiger partial charge on any atom is 0.281 e. The number of ether oxygens (including phenoxy) is 1. The fraction of sp³-hybridized carbons (Fsp3) is 0.200. The van der Waals surface area contributed by atoms with Crippen molar-refractivity contribution in [3.8, 4) is 5.75 Å². The number of nitrogens with zero attached hydrogens (tertiary/aromatic N) is 4. The first-order chi connectivity index (χ1) is 14.7. The van der Waals surface area contributed by atoms with Crippen molar-refractivity contribution in [3.63, 3.8) is 0 Å². The van der Waals surface area contributed by atoms with Crippen LogP contribution in [0.2, 0.25) is 0 Å². The summed E-state index contributed by atoms with van der Waals surface area (Å²) < 4.78 is 7.14. The van der Waals surface area contributed by atoms with Crippen molar-refractivity contribution in [3.05, 3.63) is 85.2 Å². The molecule has 0 unspecified atom stereocenters. The van der Waals surface area contributed by atoms with Gasteiger partial charge in [0.05, 0.1) is 15.5 Å². The summed E-state index contributed by atoms with van der Waals surface area (Å²) in [5, 5.41) is 28.9. The van der Waals surface area contributed by atoms with Gasteiger partial charge in [-0.2, -0.15) is 5.10 Å². The number of benzene rings is 2. The van der Waals surface area contributed by atoms with Gasteiger partial charge in [-0.1, -0.05) is 12.1 Å². The molecule has 0 aliphatic rings. The van der Waals surface area contributed by atoms with Gasteiger partial charge in [-0.25, -0.2) is 4.68 Å². The SMILES string of the molecule is Cc1ccc(C)c(OCn2ccc(C(=O)Nc3cc([N+](=O)[O-])c(C)c([N+](=O)[O-])c3)n2)c1. The molecule has 3 rings (SSSR count). The van der Waals surface area contributed by atoms with Gasteiger partial charge in [-0.3, -0.25) is 25.0 Å². The van der Waals surface area contributed by atoms with Crippen molar-refractivity contribution < 1.29 is 19.4 Å². The van der Waals surface area contributed by atoms with Crippen LogP contribution in [-0.2, 0) is 6.73 Å². The fourth-order valence-electron chi connectivity index (χ4n) is 2.88. The summed E-state index contributed by atoms with van der Waals surface area (Å²) in [6.07, 6.45) is 1.54. The Morgan fingerprint density at radius 1 is 1.06 bits per heavy atom. The van der Waals surface area contributed by atoms with E-state index in [4.69, 9.17) is 4.74 Å². The second-order valence-corrected chi connectivity index (χ2v) is 6.89. The fourth-order valence-corrected chi connectivity index (χ4v) is 2.88. The van der Waals surface area contributed by atoms with Gasteiger partial charge in [0.25, 0.3) is 17.3 Å². The normalized spacial score (nSPS) is 10.5. The maximum atomic E-state index is 12.5. The summed E-state index contributed by atoms with van der Waals surface area (Å²) in [5.74, 6) is 0.0266. The number of nitrogens with one attached hydrogen (secondary N) is 1. The third kappa shape index (κ3) is 4.83. The highest BCUT2D eigenvalue weighted by Crippen LogP contribution is 2.31. The monoisotopic (exact) mass is 425 g/mol. The van der Waals surface area contributed by atoms with Crippen molar-refractivity contribution in [2.24, 2.45) is 0 Å². The van der Waals surface area contributed by atoms with Crippen molar-refractivity contribution in [1.29, 1.82) is 0 Å². The Hall–Kier alpha value is -4.28. The molecule has 160 valence electrons. The van der Waals surface area contributed by atoms with E-state index in [2.05, 4.69) is 10.4 Å². The minimum absolute atomic E-state index is 0.0236. The van der Waals surface area contributed by atoms with Crippen LogP contribution in [-0.4, -0.2) is 25.5 Å². The van der Waals surface area contributed by atoms with E-state index < -0.39 is 27.1 Å². The minimum Gasteiger partial charge on any atom is -0.471 e. The van der Waals surface area contributed by atoms with Crippen LogP contribution in [0.1, 0.15) is 27.2 Å². The smallest absolute Gasteiger partial charge is 0.281 e. The minimum atomic E-state index is -0.739. The number of carbonyl (C=O) groups is 1. The summed E-state index contributed by atoms with van der Waals surface area (Å²) in [7, 11) is 0. The average molecular weight is 425 g/mol. The molecule has 1 heterocycles. The highest BCUT2D eigenvalue weighted by Gasteiger charge is 2.24. The van der Waals surface area contributed by atoms with Crippen LogP contribution >= 0.6 is 0 Å². The third-order valence-corrected chi connectivity index (χ3v) is 4.57. The molecule has 0 bridgehead atoms. The van der Waals surface area contributed by atoms with E-state index in [1.807, 2.05) is 32.0 Å². The highest BCUT2D eigenvalue weighted by atomic mass is 16.6. The van der Waals surface area contributed by atoms with Gasteiger partial charge < -0.3 is 10.1 Å². The van der Waals surface area contributed by atoms with Gasteiger partial charge in [-0.15, -0.1) is 0 Å². The molecular formula is C20H19N5O6. The standard InChI is InChI=1S/C20H19N5O6/c1-12-4-5-13(2)19(8-12)31-11-23-7-6-16(22-23)20(26)21-15-9-17(24(27)28)14(3)18(10-15)25(29)30/h4-10H,11H2,1-3H3,(H,21,26). The van der Waals surface area contributed by atoms with E-state index in [9.17, 15) is 25.0 Å². The van der Waals surface area contributed by atoms with Crippen LogP contribution < -0.4 is 10.1 Å². The molecule has 1 aromatic heterocycles. The van der Waals surface area contributed by atoms with E-state index >= 15 is 0 Å². The summed E-state index contributed by atoms with van der Waals surface area (Å²) in [5.41, 5.74) is 0.932. The van der Waals surface area contributed by atoms with Crippen molar-refractivity contribution in [2.45, 2.75) is 27.5 Å². The molecule has 11 nitrogen and oxygen atoms in total. The lowest BCUT2D eigenvalue weighted by atomic mass is 10.1. The number of rotatable bonds is 7. The van der Waals surface area contributed by atoms with Crippen LogP contribution in [0.5, 0.6) is 5.75 Å². The summed E-state index contributed by atoms with van der Waals surface area (Å²) in [6.45, 7) is 5.21. The van der Waals surface area contributed by atoms with Gasteiger partial charge >= 0.3 is 0 Å². The molecule has 11 heteroatoms. The molecule has 1 N–H and O–H groups in total. The Labute approximate surface area is 176 Å². The van der Waals surface area contributed by atoms with E-state index in [0.29, 0.717) is 5.75 Å². The van der Waals surface area contributed by atoms with Crippen LogP contribution in [0, 0.1) is 41.0 Å². The molecule has 0 saturated heterocycles. The van der Waals surface area contributed by atoms with Crippen molar-refractivity contribution in [2.75, 3.05) is 5.32 Å². The first kappa shape index (κ1) is 21.4. The molecule has 0 spiro atoms. The number of hydrogen-bond acceptors (Lipinski definition) is 7. The Morgan fingerprint density at radius 2 is 1.71 bits per heavy atom. The number of carbonyl (C=O) groups excluding carboxylic acids is 1. The quantitative estimate of drug-likeness (QED) is 0.446. The van der Waals surface area contributed by atoms with Gasteiger partial charge in [-0.05, 0) is 44.0 Å². The lowest BCUT2D eigenvalue weighted by molar-refractivity contribution is -0.395. The van der Waals surface area contributed by atoms with E-state index in [1.165, 1.54) is 17.7 Å². The van der Waals surface area contributed by atoms with Crippen molar-refractivity contribution >= 4 is 23.0 Å². The zero-order chi connectivity index (χ0) is 22.7. The Balaban J connectivity index is 1.75. The van der Waals surface area contributed by atoms with Crippen LogP contribution in [0.25, 0.3) is 0 Å². The van der Waals surface area contributed by atoms with E-state index in [1.54, 1.807) is 6.20 Å². The number of hydrogen-bond donors (Lipinski definition) is 1. The zero-order valence-electron chi connectivity index (χ0n) is 17.0. The van der Waals surface area contributed by atoms with Crippen LogP contribution in [0.4, 0.5) is 17.1 Å². The largest absolute Gasteiger partial charge is 0.471 e. The molecule has 0 saturated carbocycles. The second kappa shape index (κ2) is 8.61. The van der Waals surface area contributed by atoms with Gasteiger partial charge in [0.1, 0.15) is 11.3 Å². The predicted molar refractivity (Wildman–Crippen MR) is 111 cm³/mol. The molecule has 2 aromatic carbocycles. The Morgan fingerprint density at radius 3 is 2.32 bits per heavy atom. The first-order valence-electron chi connectivity index (χ1n) is 9.14. The summed E-state index contributed by atoms with van der Waals surface area (Å²) in [6, 6.07) is 9.38. The average Bonchev–Trinajstić information content (AvgIpc) is 3.18. The lowest BCUT2D eigenvalue weighted by Gasteiger charge is -2.10. The molecule has 31 heavy (non-hydrogen) atoms. The number of aryl methyl sites for hydroxylation is 2. The maximum absolute atomic E-state index is 12.5. The highest BCUT2D eigenvalue weighted by molar-refractivity contribution is 6.03. The number of amides is 1. The Bertz CT molecular complexity index is 1150. The molecular weight excluding hydrogens is 406 g/mol. The lowest BCUT2D eigenvalue weighted by Crippen LogP contribution is -2.15. The summed E-state index contributed by atoms with van der Waals surface area (Å²) >= 11 is 0. The molecule has 0 aliphatic carbocycles. The first-order valence-corrected chi connectivity index (χ1v) is 9.14. The van der Waals surface area contributed by atoms with E-state index in [-0.39, 0.29) is 23.7 Å². The van der Waals surface area contributed by atoms with Gasteiger partial charge in [0, 0.05) is 18.3 Å². The number of nitro groups is 2. The van der Waals surface area contributed by atoms with Gasteiger partial charge in [0.2, 0.25) is 0 Å².